The van der Waals surface area contributed by atoms with Crippen LogP contribution in [0.5, 0.6) is 5.88 Å². The van der Waals surface area contributed by atoms with E-state index in [4.69, 9.17) is 4.74 Å². The molecule has 0 aliphatic rings. The average molecular weight is 194 g/mol. The van der Waals surface area contributed by atoms with E-state index in [1.54, 1.807) is 6.07 Å². The van der Waals surface area contributed by atoms with Crippen molar-refractivity contribution in [1.82, 2.24) is 9.97 Å². The maximum absolute atomic E-state index is 11.1. The summed E-state index contributed by atoms with van der Waals surface area (Å²) in [7, 11) is 0. The van der Waals surface area contributed by atoms with Gasteiger partial charge in [-0.1, -0.05) is 6.92 Å². The minimum atomic E-state index is -0.0666. The highest BCUT2D eigenvalue weighted by molar-refractivity contribution is 5.92. The zero-order valence-corrected chi connectivity index (χ0v) is 8.70. The third-order valence-electron chi connectivity index (χ3n) is 1.72. The van der Waals surface area contributed by atoms with Crippen LogP contribution in [0.3, 0.4) is 0 Å². The molecule has 0 amide bonds. The van der Waals surface area contributed by atoms with E-state index in [1.165, 1.54) is 6.92 Å². The van der Waals surface area contributed by atoms with Crippen molar-refractivity contribution < 1.29 is 9.53 Å². The van der Waals surface area contributed by atoms with E-state index in [2.05, 4.69) is 9.97 Å². The van der Waals surface area contributed by atoms with Gasteiger partial charge in [0.15, 0.2) is 5.78 Å². The summed E-state index contributed by atoms with van der Waals surface area (Å²) < 4.78 is 5.24. The fraction of sp³-hybridized carbons (Fsp3) is 0.500. The molecule has 0 spiro atoms. The monoisotopic (exact) mass is 194 g/mol. The van der Waals surface area contributed by atoms with Crippen LogP contribution in [-0.2, 0) is 6.42 Å². The van der Waals surface area contributed by atoms with Crippen molar-refractivity contribution in [1.29, 1.82) is 0 Å². The van der Waals surface area contributed by atoms with Crippen LogP contribution < -0.4 is 4.74 Å². The van der Waals surface area contributed by atoms with Crippen molar-refractivity contribution in [3.63, 3.8) is 0 Å². The molecule has 0 unspecified atom stereocenters. The molecule has 0 radical (unpaired) electrons. The van der Waals surface area contributed by atoms with Crippen LogP contribution in [0.15, 0.2) is 6.07 Å². The molecule has 0 aliphatic heterocycles. The predicted octanol–water partition coefficient (Wildman–Crippen LogP) is 1.64. The molecule has 1 rings (SSSR count). The quantitative estimate of drug-likeness (QED) is 0.684. The minimum Gasteiger partial charge on any atom is -0.478 e. The maximum Gasteiger partial charge on any atom is 0.217 e. The summed E-state index contributed by atoms with van der Waals surface area (Å²) in [5, 5.41) is 0. The minimum absolute atomic E-state index is 0.0666. The molecule has 0 bridgehead atoms. The Labute approximate surface area is 83.3 Å². The third kappa shape index (κ3) is 2.52. The largest absolute Gasteiger partial charge is 0.478 e. The Balaban J connectivity index is 3.06. The highest BCUT2D eigenvalue weighted by Gasteiger charge is 2.07. The number of hydrogen-bond acceptors (Lipinski definition) is 4. The molecule has 0 fully saturated rings. The Hall–Kier alpha value is -1.45. The van der Waals surface area contributed by atoms with Gasteiger partial charge in [-0.05, 0) is 6.92 Å². The van der Waals surface area contributed by atoms with Crippen LogP contribution in [-0.4, -0.2) is 22.4 Å². The summed E-state index contributed by atoms with van der Waals surface area (Å²) in [6.45, 7) is 5.84. The zero-order chi connectivity index (χ0) is 10.6. The Kier molecular flexibility index (Phi) is 3.56. The molecule has 0 saturated heterocycles. The molecule has 0 atom stereocenters. The van der Waals surface area contributed by atoms with Gasteiger partial charge >= 0.3 is 0 Å². The number of hydrogen-bond donors (Lipinski definition) is 0. The van der Waals surface area contributed by atoms with Gasteiger partial charge in [0.05, 0.1) is 6.61 Å². The maximum atomic E-state index is 11.1. The van der Waals surface area contributed by atoms with Crippen LogP contribution in [0.25, 0.3) is 0 Å². The Morgan fingerprint density at radius 1 is 1.43 bits per heavy atom. The van der Waals surface area contributed by atoms with Crippen molar-refractivity contribution in [2.75, 3.05) is 6.61 Å². The molecule has 0 aromatic carbocycles. The second-order valence-corrected chi connectivity index (χ2v) is 2.85. The van der Waals surface area contributed by atoms with Crippen LogP contribution in [0.4, 0.5) is 0 Å². The van der Waals surface area contributed by atoms with E-state index in [-0.39, 0.29) is 5.78 Å². The molecule has 14 heavy (non-hydrogen) atoms. The summed E-state index contributed by atoms with van der Waals surface area (Å²) in [6, 6.07) is 1.57. The summed E-state index contributed by atoms with van der Waals surface area (Å²) in [6.07, 6.45) is 0.696. The zero-order valence-electron chi connectivity index (χ0n) is 8.70. The third-order valence-corrected chi connectivity index (χ3v) is 1.72. The number of rotatable bonds is 4. The van der Waals surface area contributed by atoms with Gasteiger partial charge in [0.2, 0.25) is 5.88 Å². The van der Waals surface area contributed by atoms with Crippen LogP contribution in [0.2, 0.25) is 0 Å². The van der Waals surface area contributed by atoms with E-state index >= 15 is 0 Å². The number of nitrogens with zero attached hydrogens (tertiary/aromatic N) is 2. The molecule has 76 valence electrons. The Bertz CT molecular complexity index is 337. The average Bonchev–Trinajstić information content (AvgIpc) is 2.17. The van der Waals surface area contributed by atoms with Crippen molar-refractivity contribution in [3.8, 4) is 5.88 Å². The van der Waals surface area contributed by atoms with Crippen molar-refractivity contribution >= 4 is 5.78 Å². The van der Waals surface area contributed by atoms with Gasteiger partial charge in [-0.15, -0.1) is 0 Å². The molecule has 0 saturated carbocycles. The first kappa shape index (κ1) is 10.6. The highest BCUT2D eigenvalue weighted by atomic mass is 16.5. The van der Waals surface area contributed by atoms with E-state index in [1.807, 2.05) is 13.8 Å². The lowest BCUT2D eigenvalue weighted by atomic mass is 10.3. The van der Waals surface area contributed by atoms with Crippen molar-refractivity contribution in [2.24, 2.45) is 0 Å². The van der Waals surface area contributed by atoms with Gasteiger partial charge < -0.3 is 4.74 Å². The topological polar surface area (TPSA) is 52.1 Å². The highest BCUT2D eigenvalue weighted by Crippen LogP contribution is 2.10. The van der Waals surface area contributed by atoms with E-state index in [0.717, 1.165) is 0 Å². The summed E-state index contributed by atoms with van der Waals surface area (Å²) in [5.74, 6) is 1.05. The molecular formula is C10H14N2O2. The van der Waals surface area contributed by atoms with Crippen molar-refractivity contribution in [3.05, 3.63) is 17.6 Å². The van der Waals surface area contributed by atoms with E-state index in [0.29, 0.717) is 30.4 Å². The van der Waals surface area contributed by atoms with Gasteiger partial charge in [-0.3, -0.25) is 4.79 Å². The molecular weight excluding hydrogens is 180 g/mol. The number of Topliss-reactive ketones (excluding diaryl/α,β-unsaturated/α-hetero) is 1. The van der Waals surface area contributed by atoms with E-state index < -0.39 is 0 Å². The second-order valence-electron chi connectivity index (χ2n) is 2.85. The van der Waals surface area contributed by atoms with E-state index in [9.17, 15) is 4.79 Å². The molecule has 1 heterocycles. The number of ketones is 1. The molecule has 4 heteroatoms. The smallest absolute Gasteiger partial charge is 0.217 e. The summed E-state index contributed by atoms with van der Waals surface area (Å²) >= 11 is 0. The summed E-state index contributed by atoms with van der Waals surface area (Å²) in [5.41, 5.74) is 0.417. The number of aromatic nitrogens is 2. The van der Waals surface area contributed by atoms with Gasteiger partial charge in [0.1, 0.15) is 11.5 Å². The van der Waals surface area contributed by atoms with Crippen LogP contribution >= 0.6 is 0 Å². The van der Waals surface area contributed by atoms with Gasteiger partial charge in [-0.25, -0.2) is 4.98 Å². The molecule has 4 nitrogen and oxygen atoms in total. The molecule has 1 aromatic heterocycles. The van der Waals surface area contributed by atoms with Crippen LogP contribution in [0.1, 0.15) is 37.1 Å². The lowest BCUT2D eigenvalue weighted by Crippen LogP contribution is -2.05. The van der Waals surface area contributed by atoms with Gasteiger partial charge in [0, 0.05) is 19.4 Å². The Morgan fingerprint density at radius 3 is 2.64 bits per heavy atom. The molecule has 0 N–H and O–H groups in total. The predicted molar refractivity (Wildman–Crippen MR) is 52.6 cm³/mol. The standard InChI is InChI=1S/C10H14N2O2/c1-4-9-11-8(7(3)13)6-10(12-9)14-5-2/h6H,4-5H2,1-3H3. The fourth-order valence-corrected chi connectivity index (χ4v) is 1.03. The van der Waals surface area contributed by atoms with Crippen molar-refractivity contribution in [2.45, 2.75) is 27.2 Å². The molecule has 1 aromatic rings. The first-order chi connectivity index (χ1) is 6.67. The Morgan fingerprint density at radius 2 is 2.14 bits per heavy atom. The lowest BCUT2D eigenvalue weighted by molar-refractivity contribution is 0.101. The molecule has 0 aliphatic carbocycles. The number of ether oxygens (including phenoxy) is 1. The number of aryl methyl sites for hydroxylation is 1. The van der Waals surface area contributed by atoms with Gasteiger partial charge in [0.25, 0.3) is 0 Å². The SMILES string of the molecule is CCOc1cc(C(C)=O)nc(CC)n1. The first-order valence-corrected chi connectivity index (χ1v) is 4.69. The van der Waals surface area contributed by atoms with Gasteiger partial charge in [-0.2, -0.15) is 4.98 Å². The number of carbonyl (C=O) groups is 1. The van der Waals surface area contributed by atoms with Crippen LogP contribution in [0, 0.1) is 0 Å². The number of carbonyl (C=O) groups excluding carboxylic acids is 1. The first-order valence-electron chi connectivity index (χ1n) is 4.69. The summed E-state index contributed by atoms with van der Waals surface area (Å²) in [4.78, 5) is 19.4. The second kappa shape index (κ2) is 4.69. The lowest BCUT2D eigenvalue weighted by Gasteiger charge is -2.05. The fourth-order valence-electron chi connectivity index (χ4n) is 1.03. The normalized spacial score (nSPS) is 9.93.